The predicted octanol–water partition coefficient (Wildman–Crippen LogP) is 1.96. The number of hydrogen-bond donors (Lipinski definition) is 1. The van der Waals surface area contributed by atoms with Gasteiger partial charge in [-0.3, -0.25) is 4.79 Å². The van der Waals surface area contributed by atoms with Crippen molar-refractivity contribution < 1.29 is 19.4 Å². The average Bonchev–Trinajstić information content (AvgIpc) is 2.13. The number of ether oxygens (including phenoxy) is 1. The Hall–Kier alpha value is -1.26. The minimum atomic E-state index is -0.842. The summed E-state index contributed by atoms with van der Waals surface area (Å²) in [5.41, 5.74) is -0.545. The lowest BCUT2D eigenvalue weighted by Gasteiger charge is -2.35. The Kier molecular flexibility index (Phi) is 4.01. The number of hydrogen-bond acceptors (Lipinski definition) is 3. The molecule has 1 aliphatic rings. The molecule has 0 aromatic carbocycles. The molecule has 1 rings (SSSR count). The quantitative estimate of drug-likeness (QED) is 0.764. The van der Waals surface area contributed by atoms with Gasteiger partial charge in [-0.15, -0.1) is 0 Å². The summed E-state index contributed by atoms with van der Waals surface area (Å²) in [6.45, 7) is 8.16. The first-order chi connectivity index (χ1) is 7.69. The second kappa shape index (κ2) is 4.94. The van der Waals surface area contributed by atoms with E-state index in [4.69, 9.17) is 9.84 Å². The second-order valence-corrected chi connectivity index (χ2v) is 5.76. The molecule has 0 aliphatic carbocycles. The molecular formula is C12H21NO4. The molecule has 98 valence electrons. The Balaban J connectivity index is 2.64. The molecule has 0 bridgehead atoms. The van der Waals surface area contributed by atoms with Crippen LogP contribution in [0.2, 0.25) is 0 Å². The number of piperidine rings is 1. The number of rotatable bonds is 1. The average molecular weight is 243 g/mol. The fourth-order valence-corrected chi connectivity index (χ4v) is 2.01. The number of amides is 1. The highest BCUT2D eigenvalue weighted by Gasteiger charge is 2.33. The second-order valence-electron chi connectivity index (χ2n) is 5.76. The Morgan fingerprint density at radius 1 is 1.29 bits per heavy atom. The van der Waals surface area contributed by atoms with Crippen molar-refractivity contribution in [1.82, 2.24) is 4.90 Å². The van der Waals surface area contributed by atoms with E-state index in [0.29, 0.717) is 13.0 Å². The summed E-state index contributed by atoms with van der Waals surface area (Å²) in [7, 11) is 0. The molecule has 0 spiro atoms. The zero-order valence-electron chi connectivity index (χ0n) is 10.9. The van der Waals surface area contributed by atoms with Crippen molar-refractivity contribution in [2.45, 2.75) is 39.7 Å². The predicted molar refractivity (Wildman–Crippen MR) is 62.7 cm³/mol. The van der Waals surface area contributed by atoms with Crippen LogP contribution in [0.25, 0.3) is 0 Å². The summed E-state index contributed by atoms with van der Waals surface area (Å²) in [4.78, 5) is 24.3. The van der Waals surface area contributed by atoms with Crippen molar-refractivity contribution >= 4 is 12.1 Å². The van der Waals surface area contributed by atoms with Gasteiger partial charge < -0.3 is 14.7 Å². The van der Waals surface area contributed by atoms with Crippen molar-refractivity contribution in [3.8, 4) is 0 Å². The van der Waals surface area contributed by atoms with E-state index < -0.39 is 23.6 Å². The van der Waals surface area contributed by atoms with Crippen LogP contribution in [-0.4, -0.2) is 40.8 Å². The highest BCUT2D eigenvalue weighted by Crippen LogP contribution is 2.23. The molecule has 0 radical (unpaired) electrons. The van der Waals surface area contributed by atoms with E-state index in [1.54, 1.807) is 20.8 Å². The summed E-state index contributed by atoms with van der Waals surface area (Å²) in [6, 6.07) is 0. The van der Waals surface area contributed by atoms with Gasteiger partial charge in [-0.25, -0.2) is 4.79 Å². The van der Waals surface area contributed by atoms with Crippen LogP contribution in [0.15, 0.2) is 0 Å². The standard InChI is InChI=1S/C12H21NO4/c1-8-5-9(10(14)15)7-13(6-8)11(16)17-12(2,3)4/h8-9H,5-7H2,1-4H3,(H,14,15)/t8-,9-/m0/s1. The highest BCUT2D eigenvalue weighted by atomic mass is 16.6. The zero-order chi connectivity index (χ0) is 13.2. The minimum Gasteiger partial charge on any atom is -0.481 e. The maximum Gasteiger partial charge on any atom is 0.410 e. The number of carbonyl (C=O) groups is 2. The maximum atomic E-state index is 11.8. The number of likely N-dealkylation sites (tertiary alicyclic amines) is 1. The lowest BCUT2D eigenvalue weighted by Crippen LogP contribution is -2.47. The van der Waals surface area contributed by atoms with E-state index in [0.717, 1.165) is 0 Å². The zero-order valence-corrected chi connectivity index (χ0v) is 10.9. The fourth-order valence-electron chi connectivity index (χ4n) is 2.01. The topological polar surface area (TPSA) is 66.8 Å². The summed E-state index contributed by atoms with van der Waals surface area (Å²) >= 11 is 0. The van der Waals surface area contributed by atoms with Crippen molar-refractivity contribution in [3.05, 3.63) is 0 Å². The Bertz CT molecular complexity index is 308. The maximum absolute atomic E-state index is 11.8. The van der Waals surface area contributed by atoms with E-state index in [2.05, 4.69) is 0 Å². The van der Waals surface area contributed by atoms with Gasteiger partial charge in [-0.2, -0.15) is 0 Å². The van der Waals surface area contributed by atoms with Gasteiger partial charge >= 0.3 is 12.1 Å². The molecule has 1 heterocycles. The third-order valence-corrected chi connectivity index (χ3v) is 2.66. The third kappa shape index (κ3) is 4.24. The van der Waals surface area contributed by atoms with Gasteiger partial charge in [0.2, 0.25) is 0 Å². The number of carbonyl (C=O) groups excluding carboxylic acids is 1. The smallest absolute Gasteiger partial charge is 0.410 e. The van der Waals surface area contributed by atoms with Crippen LogP contribution in [0.5, 0.6) is 0 Å². The molecule has 0 unspecified atom stereocenters. The van der Waals surface area contributed by atoms with Crippen molar-refractivity contribution in [2.24, 2.45) is 11.8 Å². The molecule has 0 aromatic rings. The van der Waals surface area contributed by atoms with E-state index in [1.807, 2.05) is 6.92 Å². The number of aliphatic carboxylic acids is 1. The van der Waals surface area contributed by atoms with Crippen LogP contribution < -0.4 is 0 Å². The highest BCUT2D eigenvalue weighted by molar-refractivity contribution is 5.73. The lowest BCUT2D eigenvalue weighted by atomic mass is 9.91. The minimum absolute atomic E-state index is 0.192. The van der Waals surface area contributed by atoms with Crippen LogP contribution >= 0.6 is 0 Å². The van der Waals surface area contributed by atoms with Gasteiger partial charge in [0.05, 0.1) is 5.92 Å². The Labute approximate surface area is 102 Å². The molecule has 2 atom stereocenters. The SMILES string of the molecule is C[C@H]1C[C@H](C(=O)O)CN(C(=O)OC(C)(C)C)C1. The molecule has 0 saturated carbocycles. The van der Waals surface area contributed by atoms with Gasteiger partial charge in [0.25, 0.3) is 0 Å². The molecule has 1 aliphatic heterocycles. The lowest BCUT2D eigenvalue weighted by molar-refractivity contribution is -0.144. The van der Waals surface area contributed by atoms with Gasteiger partial charge in [-0.05, 0) is 33.1 Å². The normalized spacial score (nSPS) is 25.5. The Morgan fingerprint density at radius 3 is 2.35 bits per heavy atom. The van der Waals surface area contributed by atoms with Crippen molar-refractivity contribution in [3.63, 3.8) is 0 Å². The van der Waals surface area contributed by atoms with E-state index >= 15 is 0 Å². The van der Waals surface area contributed by atoms with E-state index in [9.17, 15) is 9.59 Å². The summed E-state index contributed by atoms with van der Waals surface area (Å²) < 4.78 is 5.25. The molecule has 1 saturated heterocycles. The third-order valence-electron chi connectivity index (χ3n) is 2.66. The van der Waals surface area contributed by atoms with E-state index in [-0.39, 0.29) is 12.5 Å². The first-order valence-electron chi connectivity index (χ1n) is 5.90. The van der Waals surface area contributed by atoms with E-state index in [1.165, 1.54) is 4.90 Å². The summed E-state index contributed by atoms with van der Waals surface area (Å²) in [5, 5.41) is 9.01. The monoisotopic (exact) mass is 243 g/mol. The summed E-state index contributed by atoms with van der Waals surface area (Å²) in [6.07, 6.45) is 0.199. The molecule has 1 N–H and O–H groups in total. The number of carboxylic acid groups (broad SMARTS) is 1. The van der Waals surface area contributed by atoms with Crippen LogP contribution in [0.4, 0.5) is 4.79 Å². The first kappa shape index (κ1) is 13.8. The molecule has 1 amide bonds. The van der Waals surface area contributed by atoms with Crippen molar-refractivity contribution in [2.75, 3.05) is 13.1 Å². The first-order valence-corrected chi connectivity index (χ1v) is 5.90. The molecule has 5 heteroatoms. The molecule has 5 nitrogen and oxygen atoms in total. The van der Waals surface area contributed by atoms with Crippen LogP contribution in [0, 0.1) is 11.8 Å². The largest absolute Gasteiger partial charge is 0.481 e. The number of nitrogens with zero attached hydrogens (tertiary/aromatic N) is 1. The van der Waals surface area contributed by atoms with Gasteiger partial charge in [-0.1, -0.05) is 6.92 Å². The number of carboxylic acids is 1. The van der Waals surface area contributed by atoms with Crippen LogP contribution in [0.1, 0.15) is 34.1 Å². The molecule has 1 fully saturated rings. The molecule has 0 aromatic heterocycles. The molecular weight excluding hydrogens is 222 g/mol. The fraction of sp³-hybridized carbons (Fsp3) is 0.833. The summed E-state index contributed by atoms with van der Waals surface area (Å²) in [5.74, 6) is -1.13. The van der Waals surface area contributed by atoms with Crippen molar-refractivity contribution in [1.29, 1.82) is 0 Å². The van der Waals surface area contributed by atoms with Crippen LogP contribution in [-0.2, 0) is 9.53 Å². The van der Waals surface area contributed by atoms with Crippen LogP contribution in [0.3, 0.4) is 0 Å². The Morgan fingerprint density at radius 2 is 1.88 bits per heavy atom. The van der Waals surface area contributed by atoms with Gasteiger partial charge in [0.15, 0.2) is 0 Å². The van der Waals surface area contributed by atoms with Gasteiger partial charge in [0, 0.05) is 13.1 Å². The van der Waals surface area contributed by atoms with Gasteiger partial charge in [0.1, 0.15) is 5.60 Å². The molecule has 17 heavy (non-hydrogen) atoms.